The maximum Gasteiger partial charge on any atom is 0.124 e. The van der Waals surface area contributed by atoms with E-state index in [2.05, 4.69) is 23.8 Å². The molecule has 0 heterocycles. The monoisotopic (exact) mass is 304 g/mol. The number of nitrogens with two attached hydrogens (primary N) is 1. The van der Waals surface area contributed by atoms with Gasteiger partial charge in [-0.2, -0.15) is 0 Å². The quantitative estimate of drug-likeness (QED) is 0.488. The number of benzene rings is 2. The molecule has 0 aliphatic rings. The molecule has 5 heteroatoms. The zero-order valence-electron chi connectivity index (χ0n) is 12.4. The Bertz CT molecular complexity index is 605. The number of rotatable bonds is 6. The molecule has 21 heavy (non-hydrogen) atoms. The normalized spacial score (nSPS) is 12.0. The van der Waals surface area contributed by atoms with E-state index in [0.717, 1.165) is 22.6 Å². The standard InChI is InChI=1S/C16H20N2O2S/c1-19-11-8-9-14(20-2)13(10-11)16(18-17)12-6-4-5-7-15(12)21-3/h4-10,16,18H,17H2,1-3H3. The fourth-order valence-electron chi connectivity index (χ4n) is 2.32. The molecule has 0 bridgehead atoms. The summed E-state index contributed by atoms with van der Waals surface area (Å²) >= 11 is 1.69. The summed E-state index contributed by atoms with van der Waals surface area (Å²) in [4.78, 5) is 1.17. The van der Waals surface area contributed by atoms with Gasteiger partial charge >= 0.3 is 0 Å². The van der Waals surface area contributed by atoms with Gasteiger partial charge in [0.2, 0.25) is 0 Å². The van der Waals surface area contributed by atoms with Crippen molar-refractivity contribution in [3.63, 3.8) is 0 Å². The lowest BCUT2D eigenvalue weighted by atomic mass is 9.98. The van der Waals surface area contributed by atoms with Gasteiger partial charge in [0, 0.05) is 10.5 Å². The molecular weight excluding hydrogens is 284 g/mol. The molecule has 3 N–H and O–H groups in total. The minimum absolute atomic E-state index is 0.168. The summed E-state index contributed by atoms with van der Waals surface area (Å²) in [6, 6.07) is 13.7. The van der Waals surface area contributed by atoms with Crippen molar-refractivity contribution < 1.29 is 9.47 Å². The Morgan fingerprint density at radius 2 is 1.81 bits per heavy atom. The summed E-state index contributed by atoms with van der Waals surface area (Å²) in [5.74, 6) is 7.36. The molecule has 4 nitrogen and oxygen atoms in total. The summed E-state index contributed by atoms with van der Waals surface area (Å²) < 4.78 is 10.8. The van der Waals surface area contributed by atoms with E-state index in [1.54, 1.807) is 26.0 Å². The Kier molecular flexibility index (Phi) is 5.50. The van der Waals surface area contributed by atoms with Crippen molar-refractivity contribution in [3.8, 4) is 11.5 Å². The van der Waals surface area contributed by atoms with E-state index in [4.69, 9.17) is 15.3 Å². The molecule has 112 valence electrons. The summed E-state index contributed by atoms with van der Waals surface area (Å²) in [5.41, 5.74) is 4.94. The zero-order chi connectivity index (χ0) is 15.2. The number of methoxy groups -OCH3 is 2. The van der Waals surface area contributed by atoms with E-state index in [0.29, 0.717) is 0 Å². The number of hydrazine groups is 1. The van der Waals surface area contributed by atoms with Crippen LogP contribution in [-0.2, 0) is 0 Å². The lowest BCUT2D eigenvalue weighted by Gasteiger charge is -2.22. The Balaban J connectivity index is 2.55. The van der Waals surface area contributed by atoms with Gasteiger partial charge in [-0.25, -0.2) is 5.43 Å². The highest BCUT2D eigenvalue weighted by Crippen LogP contribution is 2.36. The highest BCUT2D eigenvalue weighted by Gasteiger charge is 2.20. The maximum atomic E-state index is 5.82. The molecular formula is C16H20N2O2S. The smallest absolute Gasteiger partial charge is 0.124 e. The zero-order valence-corrected chi connectivity index (χ0v) is 13.2. The molecule has 0 amide bonds. The van der Waals surface area contributed by atoms with Crippen LogP contribution in [0.2, 0.25) is 0 Å². The first kappa shape index (κ1) is 15.7. The van der Waals surface area contributed by atoms with Crippen LogP contribution in [0.15, 0.2) is 47.4 Å². The van der Waals surface area contributed by atoms with Gasteiger partial charge in [-0.3, -0.25) is 5.84 Å². The minimum Gasteiger partial charge on any atom is -0.497 e. The van der Waals surface area contributed by atoms with E-state index < -0.39 is 0 Å². The third-order valence-electron chi connectivity index (χ3n) is 3.36. The van der Waals surface area contributed by atoms with E-state index in [-0.39, 0.29) is 6.04 Å². The Morgan fingerprint density at radius 1 is 1.05 bits per heavy atom. The number of ether oxygens (including phenoxy) is 2. The van der Waals surface area contributed by atoms with Gasteiger partial charge in [-0.15, -0.1) is 11.8 Å². The van der Waals surface area contributed by atoms with Crippen molar-refractivity contribution in [1.82, 2.24) is 5.43 Å². The molecule has 0 radical (unpaired) electrons. The van der Waals surface area contributed by atoms with Crippen LogP contribution < -0.4 is 20.7 Å². The number of hydrogen-bond acceptors (Lipinski definition) is 5. The molecule has 0 saturated carbocycles. The first-order valence-electron chi connectivity index (χ1n) is 6.56. The second-order valence-electron chi connectivity index (χ2n) is 4.45. The molecule has 0 fully saturated rings. The van der Waals surface area contributed by atoms with Crippen molar-refractivity contribution in [1.29, 1.82) is 0 Å². The highest BCUT2D eigenvalue weighted by atomic mass is 32.2. The fraction of sp³-hybridized carbons (Fsp3) is 0.250. The lowest BCUT2D eigenvalue weighted by Crippen LogP contribution is -2.29. The van der Waals surface area contributed by atoms with E-state index >= 15 is 0 Å². The molecule has 1 atom stereocenters. The summed E-state index contributed by atoms with van der Waals surface area (Å²) in [6.07, 6.45) is 2.05. The average molecular weight is 304 g/mol. The lowest BCUT2D eigenvalue weighted by molar-refractivity contribution is 0.394. The van der Waals surface area contributed by atoms with Crippen molar-refractivity contribution in [2.24, 2.45) is 5.84 Å². The summed E-state index contributed by atoms with van der Waals surface area (Å²) in [7, 11) is 3.30. The topological polar surface area (TPSA) is 56.5 Å². The van der Waals surface area contributed by atoms with Gasteiger partial charge in [0.25, 0.3) is 0 Å². The second-order valence-corrected chi connectivity index (χ2v) is 5.30. The Labute approximate surface area is 129 Å². The van der Waals surface area contributed by atoms with Gasteiger partial charge in [0.15, 0.2) is 0 Å². The van der Waals surface area contributed by atoms with Crippen LogP contribution in [0.3, 0.4) is 0 Å². The Hall–Kier alpha value is -1.69. The van der Waals surface area contributed by atoms with Crippen LogP contribution in [0.4, 0.5) is 0 Å². The van der Waals surface area contributed by atoms with Crippen LogP contribution in [0.5, 0.6) is 11.5 Å². The SMILES string of the molecule is COc1ccc(OC)c(C(NN)c2ccccc2SC)c1. The van der Waals surface area contributed by atoms with Crippen molar-refractivity contribution >= 4 is 11.8 Å². The minimum atomic E-state index is -0.168. The molecule has 0 saturated heterocycles. The van der Waals surface area contributed by atoms with Crippen molar-refractivity contribution in [2.75, 3.05) is 20.5 Å². The summed E-state index contributed by atoms with van der Waals surface area (Å²) in [5, 5.41) is 0. The number of nitrogens with one attached hydrogen (secondary N) is 1. The second kappa shape index (κ2) is 7.36. The number of hydrogen-bond donors (Lipinski definition) is 2. The highest BCUT2D eigenvalue weighted by molar-refractivity contribution is 7.98. The van der Waals surface area contributed by atoms with Crippen LogP contribution in [0.25, 0.3) is 0 Å². The van der Waals surface area contributed by atoms with E-state index in [1.165, 1.54) is 4.90 Å². The maximum absolute atomic E-state index is 5.82. The van der Waals surface area contributed by atoms with Crippen molar-refractivity contribution in [2.45, 2.75) is 10.9 Å². The number of thioether (sulfide) groups is 1. The van der Waals surface area contributed by atoms with Crippen LogP contribution in [-0.4, -0.2) is 20.5 Å². The molecule has 0 aliphatic carbocycles. The first-order valence-corrected chi connectivity index (χ1v) is 7.78. The molecule has 0 spiro atoms. The van der Waals surface area contributed by atoms with E-state index in [9.17, 15) is 0 Å². The van der Waals surface area contributed by atoms with Crippen LogP contribution >= 0.6 is 11.8 Å². The largest absolute Gasteiger partial charge is 0.497 e. The average Bonchev–Trinajstić information content (AvgIpc) is 2.55. The molecule has 1 unspecified atom stereocenters. The predicted octanol–water partition coefficient (Wildman–Crippen LogP) is 2.98. The van der Waals surface area contributed by atoms with Gasteiger partial charge in [0.05, 0.1) is 20.3 Å². The van der Waals surface area contributed by atoms with E-state index in [1.807, 2.05) is 30.3 Å². The van der Waals surface area contributed by atoms with Crippen molar-refractivity contribution in [3.05, 3.63) is 53.6 Å². The fourth-order valence-corrected chi connectivity index (χ4v) is 2.95. The van der Waals surface area contributed by atoms with Crippen LogP contribution in [0.1, 0.15) is 17.2 Å². The first-order chi connectivity index (χ1) is 10.2. The molecule has 2 aromatic rings. The van der Waals surface area contributed by atoms with Gasteiger partial charge in [-0.05, 0) is 36.1 Å². The van der Waals surface area contributed by atoms with Gasteiger partial charge in [0.1, 0.15) is 11.5 Å². The Morgan fingerprint density at radius 3 is 2.43 bits per heavy atom. The van der Waals surface area contributed by atoms with Gasteiger partial charge < -0.3 is 9.47 Å². The third-order valence-corrected chi connectivity index (χ3v) is 4.18. The third kappa shape index (κ3) is 3.32. The molecule has 2 rings (SSSR count). The van der Waals surface area contributed by atoms with Gasteiger partial charge in [-0.1, -0.05) is 18.2 Å². The van der Waals surface area contributed by atoms with Crippen LogP contribution in [0, 0.1) is 0 Å². The molecule has 0 aromatic heterocycles. The molecule has 0 aliphatic heterocycles. The molecule has 2 aromatic carbocycles. The predicted molar refractivity (Wildman–Crippen MR) is 86.9 cm³/mol. The summed E-state index contributed by atoms with van der Waals surface area (Å²) in [6.45, 7) is 0.